The summed E-state index contributed by atoms with van der Waals surface area (Å²) in [5.74, 6) is 0. The van der Waals surface area contributed by atoms with Crippen LogP contribution in [0.5, 0.6) is 0 Å². The molecule has 0 rings (SSSR count). The van der Waals surface area contributed by atoms with Crippen LogP contribution in [0.25, 0.3) is 0 Å². The molecule has 0 aromatic carbocycles. The van der Waals surface area contributed by atoms with E-state index in [-0.39, 0.29) is 103 Å². The zero-order valence-corrected chi connectivity index (χ0v) is 11.8. The second-order valence-corrected chi connectivity index (χ2v) is 1.22. The minimum atomic E-state index is -2.60. The summed E-state index contributed by atoms with van der Waals surface area (Å²) in [6.07, 6.45) is 0. The third-order valence-corrected chi connectivity index (χ3v) is 0.447. The molecule has 0 aromatic heterocycles. The first-order valence-corrected chi connectivity index (χ1v) is 2.05. The van der Waals surface area contributed by atoms with E-state index in [0.29, 0.717) is 0 Å². The third-order valence-electron chi connectivity index (χ3n) is 0.149. The average molecular weight is 172 g/mol. The summed E-state index contributed by atoms with van der Waals surface area (Å²) in [4.78, 5) is 18.4. The van der Waals surface area contributed by atoms with Crippen molar-refractivity contribution in [2.24, 2.45) is 0 Å². The van der Waals surface area contributed by atoms with Crippen molar-refractivity contribution in [2.45, 2.75) is 0 Å². The molecule has 0 aliphatic carbocycles. The quantitative estimate of drug-likeness (QED) is 0.292. The van der Waals surface area contributed by atoms with Gasteiger partial charge in [0.25, 0.3) is 0 Å². The van der Waals surface area contributed by atoms with Crippen molar-refractivity contribution in [1.29, 1.82) is 0 Å². The first kappa shape index (κ1) is 16.9. The molecule has 0 amide bonds. The van der Waals surface area contributed by atoms with E-state index in [1.54, 1.807) is 0 Å². The van der Waals surface area contributed by atoms with Gasteiger partial charge >= 0.3 is 103 Å². The maximum Gasteiger partial charge on any atom is 1.00 e. The van der Waals surface area contributed by atoms with E-state index >= 15 is 0 Å². The van der Waals surface area contributed by atoms with E-state index < -0.39 is 8.60 Å². The molecule has 0 aliphatic heterocycles. The Labute approximate surface area is 129 Å². The van der Waals surface area contributed by atoms with Crippen molar-refractivity contribution in [3.05, 3.63) is 0 Å². The van der Waals surface area contributed by atoms with Gasteiger partial charge in [-0.15, -0.1) is 0 Å². The Bertz CT molecular complexity index is 26.9. The minimum absolute atomic E-state index is 0. The van der Waals surface area contributed by atoms with Crippen molar-refractivity contribution in [3.8, 4) is 0 Å². The molecule has 0 aromatic rings. The molecule has 0 unspecified atom stereocenters. The zero-order chi connectivity index (χ0) is 4.28. The molecule has 0 fully saturated rings. The number of hydrogen-bond donors (Lipinski definition) is 0. The van der Waals surface area contributed by atoms with Crippen LogP contribution in [0, 0.1) is 0 Å². The normalized spacial score (nSPS) is 6.86. The van der Waals surface area contributed by atoms with Crippen molar-refractivity contribution >= 4 is 8.60 Å². The largest absolute Gasteiger partial charge is 1.00 e. The number of hydrogen-bond acceptors (Lipinski definition) is 3. The van der Waals surface area contributed by atoms with Crippen LogP contribution in [-0.2, 0) is 4.52 Å². The van der Waals surface area contributed by atoms with Crippen molar-refractivity contribution in [2.75, 3.05) is 7.11 Å². The van der Waals surface area contributed by atoms with E-state index in [4.69, 9.17) is 0 Å². The molecule has 0 saturated carbocycles. The summed E-state index contributed by atoms with van der Waals surface area (Å²) < 4.78 is 3.70. The smallest absolute Gasteiger partial charge is 0.820 e. The maximum absolute atomic E-state index is 9.18. The van der Waals surface area contributed by atoms with Gasteiger partial charge in [0.1, 0.15) is 0 Å². The molecule has 3 nitrogen and oxygen atoms in total. The monoisotopic (exact) mass is 172 g/mol. The zero-order valence-electron chi connectivity index (χ0n) is 4.67. The van der Waals surface area contributed by atoms with Crippen LogP contribution in [-0.4, -0.2) is 7.11 Å². The summed E-state index contributed by atoms with van der Waals surface area (Å²) in [5, 5.41) is 0. The van der Waals surface area contributed by atoms with Crippen LogP contribution >= 0.6 is 8.60 Å². The minimum Gasteiger partial charge on any atom is -0.820 e. The van der Waals surface area contributed by atoms with Gasteiger partial charge in [-0.05, 0) is 0 Å². The van der Waals surface area contributed by atoms with Gasteiger partial charge < -0.3 is 14.3 Å². The molecule has 0 N–H and O–H groups in total. The fourth-order valence-electron chi connectivity index (χ4n) is 0. The Kier molecular flexibility index (Phi) is 29.6. The van der Waals surface area contributed by atoms with Crippen LogP contribution in [0.4, 0.5) is 0 Å². The van der Waals surface area contributed by atoms with Gasteiger partial charge in [0.2, 0.25) is 0 Å². The Balaban J connectivity index is -0.0000000800. The molecule has 0 spiro atoms. The van der Waals surface area contributed by atoms with Crippen molar-refractivity contribution < 1.29 is 117 Å². The fourth-order valence-corrected chi connectivity index (χ4v) is 0. The summed E-state index contributed by atoms with van der Waals surface area (Å²) >= 11 is 0. The molecule has 0 radical (unpaired) electrons. The Morgan fingerprint density at radius 3 is 1.43 bits per heavy atom. The second-order valence-electron chi connectivity index (χ2n) is 0.406. The molecule has 0 heterocycles. The summed E-state index contributed by atoms with van der Waals surface area (Å²) in [6, 6.07) is 0. The molecular formula is CH3K2O3P. The number of rotatable bonds is 1. The molecule has 7 heavy (non-hydrogen) atoms. The standard InChI is InChI=1S/CH3O3P.2K/c1-4-5(2)3;;/h1H3;;/q-2;2*+1. The maximum atomic E-state index is 9.18. The molecule has 0 bridgehead atoms. The van der Waals surface area contributed by atoms with Gasteiger partial charge in [-0.3, -0.25) is 0 Å². The van der Waals surface area contributed by atoms with Gasteiger partial charge in [-0.25, -0.2) is 0 Å². The predicted molar refractivity (Wildman–Crippen MR) is 13.9 cm³/mol. The first-order chi connectivity index (χ1) is 2.27. The Morgan fingerprint density at radius 2 is 1.43 bits per heavy atom. The second kappa shape index (κ2) is 12.3. The molecule has 0 aliphatic rings. The molecular weight excluding hydrogens is 169 g/mol. The van der Waals surface area contributed by atoms with Crippen LogP contribution in [0.15, 0.2) is 0 Å². The van der Waals surface area contributed by atoms with Gasteiger partial charge in [-0.1, -0.05) is 0 Å². The van der Waals surface area contributed by atoms with Crippen LogP contribution in [0.3, 0.4) is 0 Å². The van der Waals surface area contributed by atoms with Gasteiger partial charge in [0.15, 0.2) is 0 Å². The Morgan fingerprint density at radius 1 is 1.29 bits per heavy atom. The third kappa shape index (κ3) is 17.7. The predicted octanol–water partition coefficient (Wildman–Crippen LogP) is -7.41. The van der Waals surface area contributed by atoms with Gasteiger partial charge in [0, 0.05) is 7.11 Å². The van der Waals surface area contributed by atoms with Crippen LogP contribution in [0.1, 0.15) is 0 Å². The topological polar surface area (TPSA) is 55.3 Å². The van der Waals surface area contributed by atoms with E-state index in [1.807, 2.05) is 0 Å². The van der Waals surface area contributed by atoms with Crippen molar-refractivity contribution in [1.82, 2.24) is 0 Å². The average Bonchev–Trinajstić information content (AvgIpc) is 1.38. The molecule has 0 atom stereocenters. The van der Waals surface area contributed by atoms with E-state index in [2.05, 4.69) is 4.52 Å². The van der Waals surface area contributed by atoms with Crippen molar-refractivity contribution in [3.63, 3.8) is 0 Å². The summed E-state index contributed by atoms with van der Waals surface area (Å²) in [5.41, 5.74) is 0. The molecule has 32 valence electrons. The van der Waals surface area contributed by atoms with Crippen LogP contribution < -0.4 is 113 Å². The summed E-state index contributed by atoms with van der Waals surface area (Å²) in [6.45, 7) is 0. The van der Waals surface area contributed by atoms with Gasteiger partial charge in [0.05, 0.1) is 0 Å². The Hall–Kier alpha value is 3.58. The first-order valence-electron chi connectivity index (χ1n) is 0.956. The van der Waals surface area contributed by atoms with E-state index in [1.165, 1.54) is 0 Å². The van der Waals surface area contributed by atoms with Crippen LogP contribution in [0.2, 0.25) is 0 Å². The molecule has 0 saturated heterocycles. The SMILES string of the molecule is COP([O-])[O-].[K+].[K+]. The fraction of sp³-hybridized carbons (Fsp3) is 1.00. The summed E-state index contributed by atoms with van der Waals surface area (Å²) in [7, 11) is -1.50. The van der Waals surface area contributed by atoms with E-state index in [9.17, 15) is 9.79 Å². The van der Waals surface area contributed by atoms with E-state index in [0.717, 1.165) is 7.11 Å². The van der Waals surface area contributed by atoms with Gasteiger partial charge in [-0.2, -0.15) is 8.60 Å². The molecule has 6 heteroatoms.